The summed E-state index contributed by atoms with van der Waals surface area (Å²) >= 11 is 6.19. The summed E-state index contributed by atoms with van der Waals surface area (Å²) in [7, 11) is 0. The number of carbonyl (C=O) groups is 1. The van der Waals surface area contributed by atoms with E-state index in [-0.39, 0.29) is 29.3 Å². The summed E-state index contributed by atoms with van der Waals surface area (Å²) in [5.74, 6) is -0.404. The van der Waals surface area contributed by atoms with Gasteiger partial charge < -0.3 is 9.84 Å². The van der Waals surface area contributed by atoms with Crippen LogP contribution in [0.3, 0.4) is 0 Å². The van der Waals surface area contributed by atoms with E-state index in [2.05, 4.69) is 0 Å². The number of aromatic nitrogens is 1. The summed E-state index contributed by atoms with van der Waals surface area (Å²) in [4.78, 5) is 26.0. The van der Waals surface area contributed by atoms with Gasteiger partial charge in [0.15, 0.2) is 5.78 Å². The average molecular weight is 437 g/mol. The van der Waals surface area contributed by atoms with Crippen molar-refractivity contribution in [3.05, 3.63) is 91.7 Å². The van der Waals surface area contributed by atoms with Crippen LogP contribution in [-0.2, 0) is 6.54 Å². The SMILES string of the molecule is Cc1c(C(=O)c2ccc(OC(C)C)cc2)c(O)n(Cc2ccccc2Cl)c(=O)c1C#N. The number of benzene rings is 2. The standard InChI is InChI=1S/C24H21ClN2O4/c1-14(2)31-18-10-8-16(9-11-18)22(28)21-15(3)19(12-26)23(29)27(24(21)30)13-17-6-4-5-7-20(17)25/h4-11,14,30H,13H2,1-3H3. The first-order valence-electron chi connectivity index (χ1n) is 9.65. The zero-order chi connectivity index (χ0) is 22.7. The number of rotatable bonds is 6. The fourth-order valence-electron chi connectivity index (χ4n) is 3.27. The largest absolute Gasteiger partial charge is 0.494 e. The maximum absolute atomic E-state index is 13.2. The molecular formula is C24H21ClN2O4. The summed E-state index contributed by atoms with van der Waals surface area (Å²) in [6.45, 7) is 5.18. The fourth-order valence-corrected chi connectivity index (χ4v) is 3.46. The molecule has 0 aliphatic rings. The molecule has 0 saturated carbocycles. The van der Waals surface area contributed by atoms with Crippen molar-refractivity contribution >= 4 is 17.4 Å². The maximum Gasteiger partial charge on any atom is 0.271 e. The summed E-state index contributed by atoms with van der Waals surface area (Å²) < 4.78 is 6.59. The van der Waals surface area contributed by atoms with Gasteiger partial charge in [-0.3, -0.25) is 14.2 Å². The molecule has 0 unspecified atom stereocenters. The lowest BCUT2D eigenvalue weighted by molar-refractivity contribution is 0.103. The number of aromatic hydroxyl groups is 1. The highest BCUT2D eigenvalue weighted by Crippen LogP contribution is 2.27. The van der Waals surface area contributed by atoms with E-state index in [9.17, 15) is 20.0 Å². The molecule has 0 aliphatic carbocycles. The minimum atomic E-state index is -0.686. The van der Waals surface area contributed by atoms with Gasteiger partial charge in [0.2, 0.25) is 5.88 Å². The van der Waals surface area contributed by atoms with E-state index < -0.39 is 17.2 Å². The third-order valence-electron chi connectivity index (χ3n) is 4.80. The van der Waals surface area contributed by atoms with Crippen molar-refractivity contribution in [2.24, 2.45) is 0 Å². The first-order valence-corrected chi connectivity index (χ1v) is 10.0. The molecule has 0 saturated heterocycles. The molecule has 0 aliphatic heterocycles. The lowest BCUT2D eigenvalue weighted by Crippen LogP contribution is -2.27. The number of nitriles is 1. The second-order valence-electron chi connectivity index (χ2n) is 7.31. The first-order chi connectivity index (χ1) is 14.7. The molecule has 158 valence electrons. The smallest absolute Gasteiger partial charge is 0.271 e. The Morgan fingerprint density at radius 1 is 1.19 bits per heavy atom. The Morgan fingerprint density at radius 2 is 1.84 bits per heavy atom. The van der Waals surface area contributed by atoms with Crippen molar-refractivity contribution in [2.45, 2.75) is 33.4 Å². The molecule has 6 nitrogen and oxygen atoms in total. The number of ketones is 1. The predicted octanol–water partition coefficient (Wildman–Crippen LogP) is 4.45. The second kappa shape index (κ2) is 9.07. The van der Waals surface area contributed by atoms with Gasteiger partial charge in [-0.05, 0) is 62.2 Å². The van der Waals surface area contributed by atoms with Crippen LogP contribution in [0.25, 0.3) is 0 Å². The molecule has 31 heavy (non-hydrogen) atoms. The van der Waals surface area contributed by atoms with Crippen molar-refractivity contribution in [1.82, 2.24) is 4.57 Å². The normalized spacial score (nSPS) is 10.7. The lowest BCUT2D eigenvalue weighted by atomic mass is 9.97. The van der Waals surface area contributed by atoms with Crippen LogP contribution < -0.4 is 10.3 Å². The minimum absolute atomic E-state index is 0.0144. The number of pyridine rings is 1. The monoisotopic (exact) mass is 436 g/mol. The molecule has 0 fully saturated rings. The van der Waals surface area contributed by atoms with Crippen molar-refractivity contribution in [2.75, 3.05) is 0 Å². The zero-order valence-electron chi connectivity index (χ0n) is 17.3. The summed E-state index contributed by atoms with van der Waals surface area (Å²) in [5.41, 5.74) is 0.0143. The Balaban J connectivity index is 2.12. The van der Waals surface area contributed by atoms with E-state index in [1.807, 2.05) is 19.9 Å². The predicted molar refractivity (Wildman–Crippen MR) is 118 cm³/mol. The van der Waals surface area contributed by atoms with Gasteiger partial charge in [0.25, 0.3) is 5.56 Å². The molecule has 3 rings (SSSR count). The highest BCUT2D eigenvalue weighted by Gasteiger charge is 2.25. The van der Waals surface area contributed by atoms with Gasteiger partial charge in [0.1, 0.15) is 17.4 Å². The van der Waals surface area contributed by atoms with Crippen LogP contribution in [0.5, 0.6) is 11.6 Å². The first kappa shape index (κ1) is 22.1. The van der Waals surface area contributed by atoms with E-state index in [1.165, 1.54) is 6.92 Å². The molecule has 0 spiro atoms. The van der Waals surface area contributed by atoms with Crippen molar-refractivity contribution in [3.8, 4) is 17.7 Å². The van der Waals surface area contributed by atoms with Crippen LogP contribution in [0.2, 0.25) is 5.02 Å². The number of hydrogen-bond donors (Lipinski definition) is 1. The molecule has 0 amide bonds. The van der Waals surface area contributed by atoms with Gasteiger partial charge in [-0.15, -0.1) is 0 Å². The minimum Gasteiger partial charge on any atom is -0.494 e. The topological polar surface area (TPSA) is 92.3 Å². The second-order valence-corrected chi connectivity index (χ2v) is 7.72. The quantitative estimate of drug-likeness (QED) is 0.576. The van der Waals surface area contributed by atoms with Gasteiger partial charge in [-0.1, -0.05) is 29.8 Å². The molecular weight excluding hydrogens is 416 g/mol. The third kappa shape index (κ3) is 4.47. The van der Waals surface area contributed by atoms with Crippen molar-refractivity contribution in [3.63, 3.8) is 0 Å². The zero-order valence-corrected chi connectivity index (χ0v) is 18.1. The van der Waals surface area contributed by atoms with Gasteiger partial charge >= 0.3 is 0 Å². The van der Waals surface area contributed by atoms with Crippen LogP contribution in [0.15, 0.2) is 53.3 Å². The molecule has 3 aromatic rings. The molecule has 1 N–H and O–H groups in total. The third-order valence-corrected chi connectivity index (χ3v) is 5.17. The Kier molecular flexibility index (Phi) is 6.47. The van der Waals surface area contributed by atoms with Crippen LogP contribution in [0.1, 0.15) is 46.5 Å². The number of halogens is 1. The number of nitrogens with zero attached hydrogens (tertiary/aromatic N) is 2. The summed E-state index contributed by atoms with van der Waals surface area (Å²) in [6, 6.07) is 15.2. The van der Waals surface area contributed by atoms with E-state index in [0.717, 1.165) is 4.57 Å². The van der Waals surface area contributed by atoms with Crippen LogP contribution in [-0.4, -0.2) is 21.6 Å². The number of hydrogen-bond acceptors (Lipinski definition) is 5. The molecule has 2 aromatic carbocycles. The Morgan fingerprint density at radius 3 is 2.42 bits per heavy atom. The number of ether oxygens (including phenoxy) is 1. The van der Waals surface area contributed by atoms with Gasteiger partial charge in [0, 0.05) is 10.6 Å². The maximum atomic E-state index is 13.2. The van der Waals surface area contributed by atoms with Crippen molar-refractivity contribution in [1.29, 1.82) is 5.26 Å². The Hall–Kier alpha value is -3.56. The van der Waals surface area contributed by atoms with Crippen LogP contribution in [0.4, 0.5) is 0 Å². The summed E-state index contributed by atoms with van der Waals surface area (Å²) in [5, 5.41) is 20.8. The van der Waals surface area contributed by atoms with E-state index >= 15 is 0 Å². The lowest BCUT2D eigenvalue weighted by Gasteiger charge is -2.16. The van der Waals surface area contributed by atoms with Crippen molar-refractivity contribution < 1.29 is 14.6 Å². The van der Waals surface area contributed by atoms with Gasteiger partial charge in [-0.25, -0.2) is 0 Å². The molecule has 7 heteroatoms. The number of carbonyl (C=O) groups excluding carboxylic acids is 1. The molecule has 1 aromatic heterocycles. The fraction of sp³-hybridized carbons (Fsp3) is 0.208. The molecule has 0 radical (unpaired) electrons. The van der Waals surface area contributed by atoms with Crippen LogP contribution >= 0.6 is 11.6 Å². The molecule has 0 bridgehead atoms. The van der Waals surface area contributed by atoms with Gasteiger partial charge in [0.05, 0.1) is 18.2 Å². The van der Waals surface area contributed by atoms with E-state index in [1.54, 1.807) is 48.5 Å². The molecule has 1 heterocycles. The highest BCUT2D eigenvalue weighted by atomic mass is 35.5. The van der Waals surface area contributed by atoms with E-state index in [4.69, 9.17) is 16.3 Å². The van der Waals surface area contributed by atoms with E-state index in [0.29, 0.717) is 21.9 Å². The Bertz CT molecular complexity index is 1240. The van der Waals surface area contributed by atoms with Crippen LogP contribution in [0, 0.1) is 18.3 Å². The molecule has 0 atom stereocenters. The average Bonchev–Trinajstić information content (AvgIpc) is 2.73. The Labute approximate surface area is 184 Å². The summed E-state index contributed by atoms with van der Waals surface area (Å²) in [6.07, 6.45) is -0.0144. The van der Waals surface area contributed by atoms with Gasteiger partial charge in [-0.2, -0.15) is 5.26 Å². The highest BCUT2D eigenvalue weighted by molar-refractivity contribution is 6.31.